The molecule has 0 saturated carbocycles. The molecule has 0 saturated heterocycles. The van der Waals surface area contributed by atoms with Crippen molar-refractivity contribution >= 4 is 11.6 Å². The Morgan fingerprint density at radius 3 is 2.67 bits per heavy atom. The van der Waals surface area contributed by atoms with Crippen LogP contribution in [0, 0.1) is 6.92 Å². The minimum Gasteiger partial charge on any atom is -0.399 e. The first kappa shape index (κ1) is 12.1. The zero-order valence-corrected chi connectivity index (χ0v) is 10.2. The van der Waals surface area contributed by atoms with Gasteiger partial charge >= 0.3 is 0 Å². The van der Waals surface area contributed by atoms with Crippen LogP contribution in [0.25, 0.3) is 0 Å². The van der Waals surface area contributed by atoms with Crippen LogP contribution < -0.4 is 11.1 Å². The molecule has 0 bridgehead atoms. The Balaban J connectivity index is 1.98. The molecule has 1 aromatic carbocycles. The Bertz CT molecular complexity index is 549. The van der Waals surface area contributed by atoms with E-state index >= 15 is 0 Å². The number of carbonyl (C=O) groups excluding carboxylic acids is 1. The first-order chi connectivity index (χ1) is 8.65. The van der Waals surface area contributed by atoms with E-state index in [0.29, 0.717) is 17.8 Å². The first-order valence-corrected chi connectivity index (χ1v) is 5.69. The highest BCUT2D eigenvalue weighted by Gasteiger charge is 2.05. The standard InChI is InChI=1S/C14H15N3O/c1-10-6-12(9-16-7-10)14(18)17-8-11-2-4-13(15)5-3-11/h2-7,9H,8,15H2,1H3,(H,17,18). The van der Waals surface area contributed by atoms with Crippen molar-refractivity contribution in [1.82, 2.24) is 10.3 Å². The van der Waals surface area contributed by atoms with Crippen molar-refractivity contribution < 1.29 is 4.79 Å². The molecule has 0 aliphatic carbocycles. The molecule has 0 unspecified atom stereocenters. The fourth-order valence-corrected chi connectivity index (χ4v) is 1.60. The smallest absolute Gasteiger partial charge is 0.253 e. The van der Waals surface area contributed by atoms with Crippen LogP contribution in [0.2, 0.25) is 0 Å². The molecule has 0 radical (unpaired) electrons. The second-order valence-electron chi connectivity index (χ2n) is 4.18. The number of nitrogens with zero attached hydrogens (tertiary/aromatic N) is 1. The first-order valence-electron chi connectivity index (χ1n) is 5.69. The third kappa shape index (κ3) is 3.07. The number of hydrogen-bond donors (Lipinski definition) is 2. The van der Waals surface area contributed by atoms with Crippen LogP contribution in [-0.4, -0.2) is 10.9 Å². The molecular formula is C14H15N3O. The molecule has 4 nitrogen and oxygen atoms in total. The Morgan fingerprint density at radius 2 is 2.00 bits per heavy atom. The molecule has 4 heteroatoms. The van der Waals surface area contributed by atoms with E-state index in [4.69, 9.17) is 5.73 Å². The molecule has 1 heterocycles. The van der Waals surface area contributed by atoms with Crippen molar-refractivity contribution in [1.29, 1.82) is 0 Å². The molecule has 1 amide bonds. The highest BCUT2D eigenvalue weighted by molar-refractivity contribution is 5.93. The number of aromatic nitrogens is 1. The topological polar surface area (TPSA) is 68.0 Å². The third-order valence-electron chi connectivity index (χ3n) is 2.57. The molecule has 0 aliphatic rings. The Morgan fingerprint density at radius 1 is 1.28 bits per heavy atom. The molecule has 2 rings (SSSR count). The minimum atomic E-state index is -0.122. The van der Waals surface area contributed by atoms with Gasteiger partial charge in [0.25, 0.3) is 5.91 Å². The van der Waals surface area contributed by atoms with Crippen LogP contribution in [0.1, 0.15) is 21.5 Å². The maximum absolute atomic E-state index is 11.9. The average Bonchev–Trinajstić information content (AvgIpc) is 2.38. The van der Waals surface area contributed by atoms with Gasteiger partial charge in [0, 0.05) is 24.6 Å². The van der Waals surface area contributed by atoms with Gasteiger partial charge in [-0.25, -0.2) is 0 Å². The molecule has 0 aliphatic heterocycles. The average molecular weight is 241 g/mol. The number of amides is 1. The molecule has 0 fully saturated rings. The molecule has 0 atom stereocenters. The van der Waals surface area contributed by atoms with Crippen molar-refractivity contribution in [3.05, 3.63) is 59.4 Å². The fourth-order valence-electron chi connectivity index (χ4n) is 1.60. The number of rotatable bonds is 3. The largest absolute Gasteiger partial charge is 0.399 e. The summed E-state index contributed by atoms with van der Waals surface area (Å²) in [5.74, 6) is -0.122. The highest BCUT2D eigenvalue weighted by atomic mass is 16.1. The monoisotopic (exact) mass is 241 g/mol. The van der Waals surface area contributed by atoms with Gasteiger partial charge in [-0.15, -0.1) is 0 Å². The summed E-state index contributed by atoms with van der Waals surface area (Å²) in [6.45, 7) is 2.39. The van der Waals surface area contributed by atoms with Gasteiger partial charge in [0.05, 0.1) is 5.56 Å². The lowest BCUT2D eigenvalue weighted by Gasteiger charge is -2.06. The summed E-state index contributed by atoms with van der Waals surface area (Å²) >= 11 is 0. The molecule has 92 valence electrons. The maximum atomic E-state index is 11.9. The normalized spacial score (nSPS) is 10.1. The summed E-state index contributed by atoms with van der Waals surface area (Å²) < 4.78 is 0. The zero-order valence-electron chi connectivity index (χ0n) is 10.2. The van der Waals surface area contributed by atoms with Gasteiger partial charge in [0.15, 0.2) is 0 Å². The van der Waals surface area contributed by atoms with E-state index in [9.17, 15) is 4.79 Å². The van der Waals surface area contributed by atoms with Crippen molar-refractivity contribution in [2.24, 2.45) is 0 Å². The lowest BCUT2D eigenvalue weighted by molar-refractivity contribution is 0.0950. The van der Waals surface area contributed by atoms with Crippen LogP contribution in [0.15, 0.2) is 42.7 Å². The van der Waals surface area contributed by atoms with E-state index in [2.05, 4.69) is 10.3 Å². The van der Waals surface area contributed by atoms with Crippen molar-refractivity contribution in [2.75, 3.05) is 5.73 Å². The van der Waals surface area contributed by atoms with Crippen molar-refractivity contribution in [3.63, 3.8) is 0 Å². The molecule has 18 heavy (non-hydrogen) atoms. The Hall–Kier alpha value is -2.36. The summed E-state index contributed by atoms with van der Waals surface area (Å²) in [5.41, 5.74) is 8.86. The summed E-state index contributed by atoms with van der Waals surface area (Å²) in [5, 5.41) is 2.84. The molecule has 3 N–H and O–H groups in total. The predicted molar refractivity (Wildman–Crippen MR) is 71.0 cm³/mol. The van der Waals surface area contributed by atoms with Crippen molar-refractivity contribution in [2.45, 2.75) is 13.5 Å². The van der Waals surface area contributed by atoms with Crippen molar-refractivity contribution in [3.8, 4) is 0 Å². The predicted octanol–water partition coefficient (Wildman–Crippen LogP) is 1.90. The quantitative estimate of drug-likeness (QED) is 0.806. The summed E-state index contributed by atoms with van der Waals surface area (Å²) in [7, 11) is 0. The molecule has 1 aromatic heterocycles. The summed E-state index contributed by atoms with van der Waals surface area (Å²) in [6, 6.07) is 9.23. The molecular weight excluding hydrogens is 226 g/mol. The van der Waals surface area contributed by atoms with Gasteiger partial charge in [-0.05, 0) is 36.2 Å². The summed E-state index contributed by atoms with van der Waals surface area (Å²) in [4.78, 5) is 15.9. The Labute approximate surface area is 106 Å². The van der Waals surface area contributed by atoms with Gasteiger partial charge in [0.2, 0.25) is 0 Å². The second kappa shape index (κ2) is 5.31. The number of carbonyl (C=O) groups is 1. The van der Waals surface area contributed by atoms with Crippen LogP contribution in [0.4, 0.5) is 5.69 Å². The van der Waals surface area contributed by atoms with Gasteiger partial charge in [-0.2, -0.15) is 0 Å². The summed E-state index contributed by atoms with van der Waals surface area (Å²) in [6.07, 6.45) is 3.28. The van der Waals surface area contributed by atoms with Crippen LogP contribution in [0.5, 0.6) is 0 Å². The van der Waals surface area contributed by atoms with Crippen LogP contribution >= 0.6 is 0 Å². The van der Waals surface area contributed by atoms with Gasteiger partial charge in [0.1, 0.15) is 0 Å². The van der Waals surface area contributed by atoms with Gasteiger partial charge in [-0.3, -0.25) is 9.78 Å². The number of benzene rings is 1. The maximum Gasteiger partial charge on any atom is 0.253 e. The number of pyridine rings is 1. The third-order valence-corrected chi connectivity index (χ3v) is 2.57. The SMILES string of the molecule is Cc1cncc(C(=O)NCc2ccc(N)cc2)c1. The minimum absolute atomic E-state index is 0.122. The lowest BCUT2D eigenvalue weighted by Crippen LogP contribution is -2.22. The van der Waals surface area contributed by atoms with Gasteiger partial charge < -0.3 is 11.1 Å². The van der Waals surface area contributed by atoms with Crippen LogP contribution in [-0.2, 0) is 6.54 Å². The van der Waals surface area contributed by atoms with E-state index in [0.717, 1.165) is 11.1 Å². The number of hydrogen-bond acceptors (Lipinski definition) is 3. The molecule has 2 aromatic rings. The number of aryl methyl sites for hydroxylation is 1. The van der Waals surface area contributed by atoms with E-state index in [1.54, 1.807) is 12.4 Å². The lowest BCUT2D eigenvalue weighted by atomic mass is 10.2. The van der Waals surface area contributed by atoms with Gasteiger partial charge in [-0.1, -0.05) is 12.1 Å². The number of anilines is 1. The van der Waals surface area contributed by atoms with E-state index in [1.807, 2.05) is 37.3 Å². The molecule has 0 spiro atoms. The number of nitrogens with one attached hydrogen (secondary N) is 1. The Kier molecular flexibility index (Phi) is 3.57. The van der Waals surface area contributed by atoms with E-state index in [1.165, 1.54) is 0 Å². The van der Waals surface area contributed by atoms with E-state index in [-0.39, 0.29) is 5.91 Å². The van der Waals surface area contributed by atoms with Crippen LogP contribution in [0.3, 0.4) is 0 Å². The second-order valence-corrected chi connectivity index (χ2v) is 4.18. The van der Waals surface area contributed by atoms with E-state index < -0.39 is 0 Å². The number of nitrogens with two attached hydrogens (primary N) is 1. The zero-order chi connectivity index (χ0) is 13.0. The highest BCUT2D eigenvalue weighted by Crippen LogP contribution is 2.06. The number of nitrogen functional groups attached to an aromatic ring is 1. The fraction of sp³-hybridized carbons (Fsp3) is 0.143.